The van der Waals surface area contributed by atoms with Crippen molar-refractivity contribution in [2.24, 2.45) is 0 Å². The first kappa shape index (κ1) is 9.68. The van der Waals surface area contributed by atoms with Crippen LogP contribution in [-0.2, 0) is 0 Å². The van der Waals surface area contributed by atoms with Gasteiger partial charge in [-0.2, -0.15) is 5.26 Å². The van der Waals surface area contributed by atoms with Crippen LogP contribution in [0.3, 0.4) is 0 Å². The maximum atomic E-state index is 8.92. The van der Waals surface area contributed by atoms with E-state index < -0.39 is 0 Å². The number of nitrogens with one attached hydrogen (secondary N) is 1. The van der Waals surface area contributed by atoms with Gasteiger partial charge in [0.2, 0.25) is 0 Å². The molecule has 0 aliphatic rings. The predicted molar refractivity (Wildman–Crippen MR) is 68.4 cm³/mol. The number of fused-ring (bicyclic) bond motifs is 1. The number of para-hydroxylation sites is 1. The second kappa shape index (κ2) is 3.80. The van der Waals surface area contributed by atoms with Gasteiger partial charge in [-0.15, -0.1) is 0 Å². The number of H-pyrrole nitrogens is 1. The topological polar surface area (TPSA) is 39.6 Å². The molecule has 3 rings (SSSR count). The van der Waals surface area contributed by atoms with Crippen LogP contribution < -0.4 is 0 Å². The van der Waals surface area contributed by atoms with Gasteiger partial charge < -0.3 is 4.98 Å². The summed E-state index contributed by atoms with van der Waals surface area (Å²) in [7, 11) is 0. The number of rotatable bonds is 1. The average molecular weight is 218 g/mol. The van der Waals surface area contributed by atoms with Gasteiger partial charge in [0, 0.05) is 10.9 Å². The molecule has 3 aromatic rings. The summed E-state index contributed by atoms with van der Waals surface area (Å²) in [5.74, 6) is 0. The maximum absolute atomic E-state index is 8.92. The molecule has 0 radical (unpaired) electrons. The van der Waals surface area contributed by atoms with E-state index in [0.717, 1.165) is 22.0 Å². The molecule has 1 aromatic heterocycles. The largest absolute Gasteiger partial charge is 0.346 e. The van der Waals surface area contributed by atoms with Crippen LogP contribution in [0.5, 0.6) is 0 Å². The lowest BCUT2D eigenvalue weighted by atomic mass is 10.0. The fourth-order valence-electron chi connectivity index (χ4n) is 2.07. The summed E-state index contributed by atoms with van der Waals surface area (Å²) in [4.78, 5) is 3.15. The van der Waals surface area contributed by atoms with Gasteiger partial charge in [0.25, 0.3) is 0 Å². The Bertz CT molecular complexity index is 703. The van der Waals surface area contributed by atoms with Gasteiger partial charge in [-0.25, -0.2) is 0 Å². The zero-order valence-corrected chi connectivity index (χ0v) is 9.14. The Hall–Kier alpha value is -2.53. The number of nitrogens with zero attached hydrogens (tertiary/aromatic N) is 1. The summed E-state index contributed by atoms with van der Waals surface area (Å²) in [6.07, 6.45) is 0. The molecular formula is C15H10N2. The Kier molecular flexibility index (Phi) is 2.16. The second-order valence-electron chi connectivity index (χ2n) is 3.93. The van der Waals surface area contributed by atoms with E-state index >= 15 is 0 Å². The van der Waals surface area contributed by atoms with E-state index in [4.69, 9.17) is 5.26 Å². The average Bonchev–Trinajstić information content (AvgIpc) is 2.82. The predicted octanol–water partition coefficient (Wildman–Crippen LogP) is 3.71. The van der Waals surface area contributed by atoms with Crippen LogP contribution in [0.4, 0.5) is 0 Å². The van der Waals surface area contributed by atoms with Gasteiger partial charge in [0.1, 0.15) is 11.8 Å². The fourth-order valence-corrected chi connectivity index (χ4v) is 2.07. The Balaban J connectivity index is 2.31. The molecule has 0 saturated heterocycles. The summed E-state index contributed by atoms with van der Waals surface area (Å²) in [5, 5.41) is 9.99. The molecule has 2 heteroatoms. The standard InChI is InChI=1S/C15H10N2/c16-10-13-9-12-7-4-8-14(15(12)17-13)11-5-2-1-3-6-11/h1-9,17H. The van der Waals surface area contributed by atoms with Crippen molar-refractivity contribution in [1.29, 1.82) is 5.26 Å². The highest BCUT2D eigenvalue weighted by atomic mass is 14.7. The molecule has 0 atom stereocenters. The Morgan fingerprint density at radius 2 is 1.76 bits per heavy atom. The number of nitriles is 1. The maximum Gasteiger partial charge on any atom is 0.118 e. The third-order valence-electron chi connectivity index (χ3n) is 2.86. The van der Waals surface area contributed by atoms with E-state index in [1.54, 1.807) is 0 Å². The molecule has 0 aliphatic carbocycles. The third kappa shape index (κ3) is 1.58. The van der Waals surface area contributed by atoms with Gasteiger partial charge >= 0.3 is 0 Å². The molecule has 17 heavy (non-hydrogen) atoms. The highest BCUT2D eigenvalue weighted by molar-refractivity contribution is 5.95. The lowest BCUT2D eigenvalue weighted by molar-refractivity contribution is 1.37. The molecular weight excluding hydrogens is 208 g/mol. The van der Waals surface area contributed by atoms with Crippen molar-refractivity contribution in [2.75, 3.05) is 0 Å². The summed E-state index contributed by atoms with van der Waals surface area (Å²) < 4.78 is 0. The van der Waals surface area contributed by atoms with Crippen molar-refractivity contribution in [3.8, 4) is 17.2 Å². The van der Waals surface area contributed by atoms with E-state index in [-0.39, 0.29) is 0 Å². The van der Waals surface area contributed by atoms with Crippen LogP contribution in [0.25, 0.3) is 22.0 Å². The molecule has 80 valence electrons. The molecule has 0 bridgehead atoms. The van der Waals surface area contributed by atoms with Crippen molar-refractivity contribution in [1.82, 2.24) is 4.98 Å². The van der Waals surface area contributed by atoms with Gasteiger partial charge in [0.05, 0.1) is 5.52 Å². The highest BCUT2D eigenvalue weighted by Crippen LogP contribution is 2.28. The lowest BCUT2D eigenvalue weighted by Gasteiger charge is -2.02. The van der Waals surface area contributed by atoms with Crippen molar-refractivity contribution in [3.05, 3.63) is 60.3 Å². The molecule has 1 N–H and O–H groups in total. The van der Waals surface area contributed by atoms with Gasteiger partial charge in [-0.05, 0) is 11.6 Å². The first-order valence-electron chi connectivity index (χ1n) is 5.46. The first-order valence-corrected chi connectivity index (χ1v) is 5.46. The van der Waals surface area contributed by atoms with Crippen LogP contribution in [0, 0.1) is 11.3 Å². The van der Waals surface area contributed by atoms with E-state index in [0.29, 0.717) is 5.69 Å². The van der Waals surface area contributed by atoms with Gasteiger partial charge in [-0.1, -0.05) is 48.5 Å². The Morgan fingerprint density at radius 3 is 2.53 bits per heavy atom. The lowest BCUT2D eigenvalue weighted by Crippen LogP contribution is -1.79. The first-order chi connectivity index (χ1) is 8.38. The van der Waals surface area contributed by atoms with Crippen LogP contribution in [0.15, 0.2) is 54.6 Å². The minimum atomic E-state index is 0.600. The van der Waals surface area contributed by atoms with E-state index in [9.17, 15) is 0 Å². The number of hydrogen-bond donors (Lipinski definition) is 1. The summed E-state index contributed by atoms with van der Waals surface area (Å²) in [6.45, 7) is 0. The number of benzene rings is 2. The molecule has 1 heterocycles. The summed E-state index contributed by atoms with van der Waals surface area (Å²) in [6, 6.07) is 20.3. The normalized spacial score (nSPS) is 10.3. The highest BCUT2D eigenvalue weighted by Gasteiger charge is 2.06. The minimum absolute atomic E-state index is 0.600. The van der Waals surface area contributed by atoms with Crippen molar-refractivity contribution < 1.29 is 0 Å². The van der Waals surface area contributed by atoms with E-state index in [2.05, 4.69) is 29.3 Å². The monoisotopic (exact) mass is 218 g/mol. The van der Waals surface area contributed by atoms with Gasteiger partial charge in [-0.3, -0.25) is 0 Å². The van der Waals surface area contributed by atoms with Crippen LogP contribution in [-0.4, -0.2) is 4.98 Å². The zero-order valence-electron chi connectivity index (χ0n) is 9.14. The summed E-state index contributed by atoms with van der Waals surface area (Å²) >= 11 is 0. The van der Waals surface area contributed by atoms with E-state index in [1.807, 2.05) is 36.4 Å². The quantitative estimate of drug-likeness (QED) is 0.664. The van der Waals surface area contributed by atoms with Gasteiger partial charge in [0.15, 0.2) is 0 Å². The smallest absolute Gasteiger partial charge is 0.118 e. The van der Waals surface area contributed by atoms with E-state index in [1.165, 1.54) is 0 Å². The number of hydrogen-bond acceptors (Lipinski definition) is 1. The van der Waals surface area contributed by atoms with Crippen molar-refractivity contribution >= 4 is 10.9 Å². The number of aromatic amines is 1. The molecule has 0 aliphatic heterocycles. The molecule has 2 nitrogen and oxygen atoms in total. The molecule has 2 aromatic carbocycles. The Morgan fingerprint density at radius 1 is 0.941 bits per heavy atom. The molecule has 0 amide bonds. The van der Waals surface area contributed by atoms with Crippen molar-refractivity contribution in [2.45, 2.75) is 0 Å². The molecule has 0 saturated carbocycles. The molecule has 0 spiro atoms. The fraction of sp³-hybridized carbons (Fsp3) is 0. The zero-order chi connectivity index (χ0) is 11.7. The third-order valence-corrected chi connectivity index (χ3v) is 2.86. The van der Waals surface area contributed by atoms with Crippen LogP contribution in [0.2, 0.25) is 0 Å². The van der Waals surface area contributed by atoms with Crippen LogP contribution in [0.1, 0.15) is 5.69 Å². The molecule has 0 unspecified atom stereocenters. The molecule has 0 fully saturated rings. The SMILES string of the molecule is N#Cc1cc2cccc(-c3ccccc3)c2[nH]1. The summed E-state index contributed by atoms with van der Waals surface area (Å²) in [5.41, 5.74) is 3.91. The number of aromatic nitrogens is 1. The van der Waals surface area contributed by atoms with Crippen LogP contribution >= 0.6 is 0 Å². The minimum Gasteiger partial charge on any atom is -0.346 e. The second-order valence-corrected chi connectivity index (χ2v) is 3.93. The Labute approximate surface area is 99.1 Å². The van der Waals surface area contributed by atoms with Crippen molar-refractivity contribution in [3.63, 3.8) is 0 Å².